The number of alkyl halides is 3. The lowest BCUT2D eigenvalue weighted by Crippen LogP contribution is -2.32. The third kappa shape index (κ3) is 2.89. The summed E-state index contributed by atoms with van der Waals surface area (Å²) in [6.07, 6.45) is 0.454. The first-order valence-electron chi connectivity index (χ1n) is 6.60. The quantitative estimate of drug-likeness (QED) is 0.817. The van der Waals surface area contributed by atoms with Crippen LogP contribution in [0.3, 0.4) is 0 Å². The van der Waals surface area contributed by atoms with Crippen molar-refractivity contribution in [2.75, 3.05) is 0 Å². The van der Waals surface area contributed by atoms with Crippen LogP contribution in [-0.2, 0) is 19.1 Å². The number of aromatic nitrogens is 2. The average molecular weight is 306 g/mol. The molecule has 0 aliphatic heterocycles. The van der Waals surface area contributed by atoms with E-state index < -0.39 is 17.6 Å². The highest BCUT2D eigenvalue weighted by Crippen LogP contribution is 2.30. The van der Waals surface area contributed by atoms with Gasteiger partial charge in [-0.25, -0.2) is 4.98 Å². The molecule has 0 saturated heterocycles. The summed E-state index contributed by atoms with van der Waals surface area (Å²) in [6.45, 7) is 1.33. The maximum atomic E-state index is 13.2. The second-order valence-electron chi connectivity index (χ2n) is 4.56. The van der Waals surface area contributed by atoms with E-state index in [9.17, 15) is 18.0 Å². The molecule has 114 valence electrons. The van der Waals surface area contributed by atoms with Gasteiger partial charge in [-0.05, 0) is 6.92 Å². The summed E-state index contributed by atoms with van der Waals surface area (Å²) < 4.78 is 40.1. The Kier molecular flexibility index (Phi) is 4.36. The van der Waals surface area contributed by atoms with Gasteiger partial charge in [0.25, 0.3) is 5.56 Å². The van der Waals surface area contributed by atoms with Gasteiger partial charge in [-0.3, -0.25) is 9.36 Å². The predicted octanol–water partition coefficient (Wildman–Crippen LogP) is 3.12. The number of hydrogen-bond donors (Lipinski definition) is 0. The van der Waals surface area contributed by atoms with Crippen LogP contribution in [0.1, 0.15) is 18.3 Å². The van der Waals surface area contributed by atoms with Crippen LogP contribution in [0, 0.1) is 12.3 Å². The molecule has 0 bridgehead atoms. The molecule has 1 aromatic carbocycles. The van der Waals surface area contributed by atoms with E-state index in [-0.39, 0.29) is 24.2 Å². The van der Waals surface area contributed by atoms with E-state index in [1.54, 1.807) is 30.3 Å². The number of hydrogen-bond acceptors (Lipinski definition) is 2. The number of terminal acetylenes is 1. The van der Waals surface area contributed by atoms with Gasteiger partial charge < -0.3 is 0 Å². The maximum Gasteiger partial charge on any atom is 0.449 e. The minimum Gasteiger partial charge on any atom is -0.289 e. The van der Waals surface area contributed by atoms with E-state index in [2.05, 4.69) is 10.9 Å². The van der Waals surface area contributed by atoms with Crippen LogP contribution in [-0.4, -0.2) is 9.55 Å². The van der Waals surface area contributed by atoms with Crippen LogP contribution < -0.4 is 5.56 Å². The monoisotopic (exact) mass is 306 g/mol. The summed E-state index contributed by atoms with van der Waals surface area (Å²) in [7, 11) is 0. The molecule has 0 saturated carbocycles. The van der Waals surface area contributed by atoms with Crippen molar-refractivity contribution >= 4 is 0 Å². The van der Waals surface area contributed by atoms with Crippen LogP contribution >= 0.6 is 0 Å². The van der Waals surface area contributed by atoms with Gasteiger partial charge in [0.2, 0.25) is 5.82 Å². The fourth-order valence-corrected chi connectivity index (χ4v) is 2.20. The number of rotatable bonds is 3. The van der Waals surface area contributed by atoms with Crippen molar-refractivity contribution < 1.29 is 13.2 Å². The first-order valence-corrected chi connectivity index (χ1v) is 6.60. The van der Waals surface area contributed by atoms with Crippen molar-refractivity contribution in [1.82, 2.24) is 9.55 Å². The van der Waals surface area contributed by atoms with Crippen molar-refractivity contribution in [3.63, 3.8) is 0 Å². The molecule has 0 aliphatic carbocycles. The minimum absolute atomic E-state index is 0.0134. The number of nitrogens with zero attached hydrogens (tertiary/aromatic N) is 2. The van der Waals surface area contributed by atoms with Gasteiger partial charge in [0.05, 0.1) is 11.3 Å². The summed E-state index contributed by atoms with van der Waals surface area (Å²) in [6, 6.07) is 8.24. The Bertz CT molecular complexity index is 771. The Morgan fingerprint density at radius 2 is 1.91 bits per heavy atom. The average Bonchev–Trinajstić information content (AvgIpc) is 2.48. The predicted molar refractivity (Wildman–Crippen MR) is 77.1 cm³/mol. The highest BCUT2D eigenvalue weighted by Gasteiger charge is 2.37. The Morgan fingerprint density at radius 1 is 1.27 bits per heavy atom. The molecular weight excluding hydrogens is 293 g/mol. The Morgan fingerprint density at radius 3 is 2.41 bits per heavy atom. The molecule has 0 atom stereocenters. The second kappa shape index (κ2) is 6.06. The Labute approximate surface area is 125 Å². The normalized spacial score (nSPS) is 11.2. The molecule has 2 aromatic rings. The third-order valence-corrected chi connectivity index (χ3v) is 3.16. The third-order valence-electron chi connectivity index (χ3n) is 3.16. The van der Waals surface area contributed by atoms with Crippen LogP contribution in [0.25, 0.3) is 11.3 Å². The SMILES string of the molecule is C#CCc1c(-c2ccccc2)nc(C(F)(F)F)n(CC)c1=O. The Balaban J connectivity index is 2.85. The van der Waals surface area contributed by atoms with Gasteiger partial charge in [-0.1, -0.05) is 30.3 Å². The van der Waals surface area contributed by atoms with Gasteiger partial charge in [-0.15, -0.1) is 12.3 Å². The van der Waals surface area contributed by atoms with Crippen molar-refractivity contribution in [2.45, 2.75) is 26.1 Å². The van der Waals surface area contributed by atoms with Crippen LogP contribution in [0.4, 0.5) is 13.2 Å². The Hall–Kier alpha value is -2.55. The molecule has 0 amide bonds. The molecule has 3 nitrogen and oxygen atoms in total. The zero-order valence-corrected chi connectivity index (χ0v) is 11.8. The van der Waals surface area contributed by atoms with E-state index in [4.69, 9.17) is 6.42 Å². The first kappa shape index (κ1) is 15.8. The molecule has 0 radical (unpaired) electrons. The lowest BCUT2D eigenvalue weighted by molar-refractivity contribution is -0.148. The molecule has 6 heteroatoms. The van der Waals surface area contributed by atoms with E-state index in [0.717, 1.165) is 0 Å². The van der Waals surface area contributed by atoms with Crippen molar-refractivity contribution in [2.24, 2.45) is 0 Å². The van der Waals surface area contributed by atoms with Crippen molar-refractivity contribution in [3.05, 3.63) is 52.1 Å². The van der Waals surface area contributed by atoms with Gasteiger partial charge in [0.1, 0.15) is 0 Å². The van der Waals surface area contributed by atoms with Gasteiger partial charge in [0, 0.05) is 18.5 Å². The molecule has 0 N–H and O–H groups in total. The summed E-state index contributed by atoms with van der Waals surface area (Å²) in [5, 5.41) is 0. The molecule has 1 heterocycles. The summed E-state index contributed by atoms with van der Waals surface area (Å²) in [5.41, 5.74) is -0.232. The van der Waals surface area contributed by atoms with E-state index in [0.29, 0.717) is 10.1 Å². The number of benzene rings is 1. The maximum absolute atomic E-state index is 13.2. The largest absolute Gasteiger partial charge is 0.449 e. The molecule has 1 aromatic heterocycles. The van der Waals surface area contributed by atoms with E-state index >= 15 is 0 Å². The molecular formula is C16H13F3N2O. The number of halogens is 3. The van der Waals surface area contributed by atoms with Crippen molar-refractivity contribution in [1.29, 1.82) is 0 Å². The lowest BCUT2D eigenvalue weighted by Gasteiger charge is -2.17. The lowest BCUT2D eigenvalue weighted by atomic mass is 10.0. The highest BCUT2D eigenvalue weighted by molar-refractivity contribution is 5.63. The van der Waals surface area contributed by atoms with Gasteiger partial charge >= 0.3 is 6.18 Å². The summed E-state index contributed by atoms with van der Waals surface area (Å²) >= 11 is 0. The topological polar surface area (TPSA) is 34.9 Å². The second-order valence-corrected chi connectivity index (χ2v) is 4.56. The minimum atomic E-state index is -4.71. The van der Waals surface area contributed by atoms with Crippen LogP contribution in [0.2, 0.25) is 0 Å². The van der Waals surface area contributed by atoms with Gasteiger partial charge in [-0.2, -0.15) is 13.2 Å². The summed E-state index contributed by atoms with van der Waals surface area (Å²) in [4.78, 5) is 16.1. The standard InChI is InChI=1S/C16H13F3N2O/c1-3-8-12-13(11-9-6-5-7-10-11)20-15(16(17,18)19)21(4-2)14(12)22/h1,5-7,9-10H,4,8H2,2H3. The van der Waals surface area contributed by atoms with Crippen molar-refractivity contribution in [3.8, 4) is 23.6 Å². The van der Waals surface area contributed by atoms with Crippen LogP contribution in [0.15, 0.2) is 35.1 Å². The first-order chi connectivity index (χ1) is 10.4. The van der Waals surface area contributed by atoms with Gasteiger partial charge in [0.15, 0.2) is 0 Å². The fraction of sp³-hybridized carbons (Fsp3) is 0.250. The fourth-order valence-electron chi connectivity index (χ4n) is 2.20. The molecule has 0 unspecified atom stereocenters. The van der Waals surface area contributed by atoms with E-state index in [1.165, 1.54) is 6.92 Å². The highest BCUT2D eigenvalue weighted by atomic mass is 19.4. The molecule has 22 heavy (non-hydrogen) atoms. The molecule has 0 aliphatic rings. The molecule has 2 rings (SSSR count). The summed E-state index contributed by atoms with van der Waals surface area (Å²) in [5.74, 6) is 1.10. The van der Waals surface area contributed by atoms with Crippen LogP contribution in [0.5, 0.6) is 0 Å². The zero-order valence-electron chi connectivity index (χ0n) is 11.8. The van der Waals surface area contributed by atoms with E-state index in [1.807, 2.05) is 0 Å². The molecule has 0 spiro atoms. The molecule has 0 fully saturated rings. The zero-order chi connectivity index (χ0) is 16.3. The smallest absolute Gasteiger partial charge is 0.289 e.